The fourth-order valence-corrected chi connectivity index (χ4v) is 3.95. The van der Waals surface area contributed by atoms with E-state index in [1.165, 1.54) is 0 Å². The molecule has 6 heteroatoms. The Labute approximate surface area is 131 Å². The summed E-state index contributed by atoms with van der Waals surface area (Å²) in [7, 11) is 0. The Bertz CT molecular complexity index is 494. The van der Waals surface area contributed by atoms with Crippen LogP contribution in [0.4, 0.5) is 5.95 Å². The van der Waals surface area contributed by atoms with Crippen molar-refractivity contribution in [2.75, 3.05) is 57.5 Å². The Morgan fingerprint density at radius 3 is 2.82 bits per heavy atom. The van der Waals surface area contributed by atoms with Crippen LogP contribution in [0.2, 0.25) is 0 Å². The molecule has 3 aliphatic rings. The minimum Gasteiger partial charge on any atom is -0.380 e. The quantitative estimate of drug-likeness (QED) is 0.805. The van der Waals surface area contributed by atoms with Gasteiger partial charge >= 0.3 is 0 Å². The van der Waals surface area contributed by atoms with Crippen LogP contribution in [0.15, 0.2) is 18.5 Å². The largest absolute Gasteiger partial charge is 0.380 e. The summed E-state index contributed by atoms with van der Waals surface area (Å²) in [6, 6.07) is 2.44. The normalized spacial score (nSPS) is 33.5. The molecule has 0 N–H and O–H groups in total. The third-order valence-corrected chi connectivity index (χ3v) is 5.16. The van der Waals surface area contributed by atoms with Crippen LogP contribution >= 0.6 is 0 Å². The van der Waals surface area contributed by atoms with Crippen LogP contribution in [-0.4, -0.2) is 73.5 Å². The van der Waals surface area contributed by atoms with Gasteiger partial charge in [-0.15, -0.1) is 0 Å². The van der Waals surface area contributed by atoms with E-state index in [1.807, 2.05) is 18.5 Å². The summed E-state index contributed by atoms with van der Waals surface area (Å²) >= 11 is 0. The lowest BCUT2D eigenvalue weighted by Gasteiger charge is -2.34. The molecule has 0 unspecified atom stereocenters. The van der Waals surface area contributed by atoms with Gasteiger partial charge in [0.25, 0.3) is 0 Å². The second-order valence-electron chi connectivity index (χ2n) is 6.76. The van der Waals surface area contributed by atoms with Gasteiger partial charge in [-0.25, -0.2) is 9.97 Å². The van der Waals surface area contributed by atoms with E-state index in [4.69, 9.17) is 9.47 Å². The highest BCUT2D eigenvalue weighted by molar-refractivity contribution is 5.32. The minimum atomic E-state index is 0.207. The third-order valence-electron chi connectivity index (χ3n) is 5.16. The Balaban J connectivity index is 1.48. The smallest absolute Gasteiger partial charge is 0.225 e. The molecule has 4 rings (SSSR count). The summed E-state index contributed by atoms with van der Waals surface area (Å²) < 4.78 is 11.5. The molecule has 3 saturated heterocycles. The summed E-state index contributed by atoms with van der Waals surface area (Å²) in [6.45, 7) is 7.59. The summed E-state index contributed by atoms with van der Waals surface area (Å²) in [5.41, 5.74) is 0.207. The highest BCUT2D eigenvalue weighted by Gasteiger charge is 2.43. The fourth-order valence-electron chi connectivity index (χ4n) is 3.95. The zero-order valence-corrected chi connectivity index (χ0v) is 13.0. The van der Waals surface area contributed by atoms with Gasteiger partial charge in [0.1, 0.15) is 0 Å². The average molecular weight is 304 g/mol. The van der Waals surface area contributed by atoms with E-state index >= 15 is 0 Å². The lowest BCUT2D eigenvalue weighted by atomic mass is 9.87. The number of nitrogens with zero attached hydrogens (tertiary/aromatic N) is 4. The van der Waals surface area contributed by atoms with Gasteiger partial charge in [-0.2, -0.15) is 0 Å². The summed E-state index contributed by atoms with van der Waals surface area (Å²) in [5.74, 6) is 0.847. The Morgan fingerprint density at radius 2 is 2.00 bits per heavy atom. The zero-order chi connectivity index (χ0) is 14.8. The molecule has 2 atom stereocenters. The summed E-state index contributed by atoms with van der Waals surface area (Å²) in [6.07, 6.45) is 5.94. The first-order valence-electron chi connectivity index (χ1n) is 8.26. The van der Waals surface area contributed by atoms with Gasteiger partial charge in [-0.1, -0.05) is 0 Å². The second-order valence-corrected chi connectivity index (χ2v) is 6.76. The molecular weight excluding hydrogens is 280 g/mol. The zero-order valence-electron chi connectivity index (χ0n) is 13.0. The molecule has 0 bridgehead atoms. The molecule has 0 aliphatic carbocycles. The van der Waals surface area contributed by atoms with Crippen molar-refractivity contribution in [3.8, 4) is 0 Å². The van der Waals surface area contributed by atoms with Crippen LogP contribution in [0, 0.1) is 5.41 Å². The van der Waals surface area contributed by atoms with Crippen molar-refractivity contribution in [1.82, 2.24) is 14.9 Å². The number of ether oxygens (including phenoxy) is 2. The van der Waals surface area contributed by atoms with Gasteiger partial charge in [-0.05, 0) is 18.9 Å². The molecule has 0 saturated carbocycles. The van der Waals surface area contributed by atoms with Crippen molar-refractivity contribution >= 4 is 5.95 Å². The molecular formula is C16H24N4O2. The molecule has 0 aromatic carbocycles. The van der Waals surface area contributed by atoms with E-state index in [9.17, 15) is 0 Å². The van der Waals surface area contributed by atoms with E-state index in [-0.39, 0.29) is 5.41 Å². The maximum atomic E-state index is 5.96. The number of aromatic nitrogens is 2. The first-order valence-corrected chi connectivity index (χ1v) is 8.26. The maximum Gasteiger partial charge on any atom is 0.225 e. The minimum absolute atomic E-state index is 0.207. The molecule has 120 valence electrons. The highest BCUT2D eigenvalue weighted by atomic mass is 16.5. The van der Waals surface area contributed by atoms with Gasteiger partial charge in [-0.3, -0.25) is 4.90 Å². The average Bonchev–Trinajstić information content (AvgIpc) is 3.17. The van der Waals surface area contributed by atoms with Crippen molar-refractivity contribution in [2.45, 2.75) is 18.9 Å². The Kier molecular flexibility index (Phi) is 3.98. The standard InChI is InChI=1S/C16H24N4O2/c1-4-17-15(18-5-1)20-6-3-16(12-20)11-19(7-9-22-13-16)14-2-8-21-10-14/h1,4-5,14H,2-3,6-13H2/t14-,16-/m1/s1. The predicted octanol–water partition coefficient (Wildman–Crippen LogP) is 0.794. The number of hydrogen-bond acceptors (Lipinski definition) is 6. The van der Waals surface area contributed by atoms with Gasteiger partial charge in [0.05, 0.1) is 19.8 Å². The van der Waals surface area contributed by atoms with Crippen molar-refractivity contribution in [3.63, 3.8) is 0 Å². The van der Waals surface area contributed by atoms with E-state index < -0.39 is 0 Å². The van der Waals surface area contributed by atoms with E-state index in [1.54, 1.807) is 0 Å². The van der Waals surface area contributed by atoms with Crippen molar-refractivity contribution in [3.05, 3.63) is 18.5 Å². The van der Waals surface area contributed by atoms with E-state index in [0.717, 1.165) is 71.4 Å². The van der Waals surface area contributed by atoms with E-state index in [0.29, 0.717) is 6.04 Å². The third kappa shape index (κ3) is 2.83. The summed E-state index contributed by atoms with van der Waals surface area (Å²) in [5, 5.41) is 0. The predicted molar refractivity (Wildman–Crippen MR) is 82.9 cm³/mol. The monoisotopic (exact) mass is 304 g/mol. The summed E-state index contributed by atoms with van der Waals surface area (Å²) in [4.78, 5) is 13.7. The maximum absolute atomic E-state index is 5.96. The van der Waals surface area contributed by atoms with Gasteiger partial charge in [0.2, 0.25) is 5.95 Å². The second kappa shape index (κ2) is 6.10. The van der Waals surface area contributed by atoms with Crippen LogP contribution in [0.5, 0.6) is 0 Å². The Hall–Kier alpha value is -1.24. The first-order chi connectivity index (χ1) is 10.8. The first kappa shape index (κ1) is 14.4. The van der Waals surface area contributed by atoms with Crippen molar-refractivity contribution in [1.29, 1.82) is 0 Å². The Morgan fingerprint density at radius 1 is 1.09 bits per heavy atom. The molecule has 3 aliphatic heterocycles. The molecule has 0 amide bonds. The molecule has 0 radical (unpaired) electrons. The van der Waals surface area contributed by atoms with Gasteiger partial charge in [0.15, 0.2) is 0 Å². The lowest BCUT2D eigenvalue weighted by molar-refractivity contribution is 0.0781. The molecule has 1 spiro atoms. The molecule has 22 heavy (non-hydrogen) atoms. The van der Waals surface area contributed by atoms with Crippen LogP contribution < -0.4 is 4.90 Å². The molecule has 4 heterocycles. The van der Waals surface area contributed by atoms with Crippen LogP contribution in [-0.2, 0) is 9.47 Å². The fraction of sp³-hybridized carbons (Fsp3) is 0.750. The molecule has 1 aromatic heterocycles. The SMILES string of the molecule is c1cnc(N2CC[C@]3(COCCN([C@@H]4CCOC4)C3)C2)nc1. The van der Waals surface area contributed by atoms with Crippen LogP contribution in [0.3, 0.4) is 0 Å². The number of anilines is 1. The highest BCUT2D eigenvalue weighted by Crippen LogP contribution is 2.35. The van der Waals surface area contributed by atoms with Crippen molar-refractivity contribution < 1.29 is 9.47 Å². The molecule has 1 aromatic rings. The van der Waals surface area contributed by atoms with Gasteiger partial charge < -0.3 is 14.4 Å². The van der Waals surface area contributed by atoms with Crippen LogP contribution in [0.25, 0.3) is 0 Å². The lowest BCUT2D eigenvalue weighted by Crippen LogP contribution is -2.45. The number of rotatable bonds is 2. The molecule has 6 nitrogen and oxygen atoms in total. The topological polar surface area (TPSA) is 50.7 Å². The molecule has 3 fully saturated rings. The van der Waals surface area contributed by atoms with Gasteiger partial charge in [0, 0.05) is 56.6 Å². The number of hydrogen-bond donors (Lipinski definition) is 0. The van der Waals surface area contributed by atoms with E-state index in [2.05, 4.69) is 19.8 Å². The van der Waals surface area contributed by atoms with Crippen LogP contribution in [0.1, 0.15) is 12.8 Å². The van der Waals surface area contributed by atoms with Crippen molar-refractivity contribution in [2.24, 2.45) is 5.41 Å².